The van der Waals surface area contributed by atoms with Crippen molar-refractivity contribution < 1.29 is 9.47 Å². The average molecular weight is 182 g/mol. The van der Waals surface area contributed by atoms with Gasteiger partial charge in [-0.2, -0.15) is 5.10 Å². The molecule has 0 N–H and O–H groups in total. The van der Waals surface area contributed by atoms with E-state index in [1.807, 2.05) is 10.9 Å². The summed E-state index contributed by atoms with van der Waals surface area (Å²) in [4.78, 5) is 0. The second-order valence-corrected chi connectivity index (χ2v) is 3.18. The maximum Gasteiger partial charge on any atom is 0.215 e. The Morgan fingerprint density at radius 3 is 3.31 bits per heavy atom. The molecule has 1 aromatic heterocycles. The van der Waals surface area contributed by atoms with Gasteiger partial charge in [-0.3, -0.25) is 0 Å². The molecule has 0 unspecified atom stereocenters. The second kappa shape index (κ2) is 3.38. The van der Waals surface area contributed by atoms with Crippen LogP contribution in [0.5, 0.6) is 5.88 Å². The quantitative estimate of drug-likeness (QED) is 0.680. The molecule has 0 aliphatic carbocycles. The second-order valence-electron chi connectivity index (χ2n) is 3.18. The van der Waals surface area contributed by atoms with Gasteiger partial charge in [0, 0.05) is 12.7 Å². The topological polar surface area (TPSA) is 36.3 Å². The zero-order valence-electron chi connectivity index (χ0n) is 7.99. The zero-order valence-corrected chi connectivity index (χ0v) is 7.99. The number of hydrogen-bond acceptors (Lipinski definition) is 3. The van der Waals surface area contributed by atoms with Gasteiger partial charge in [-0.1, -0.05) is 6.92 Å². The maximum atomic E-state index is 5.56. The van der Waals surface area contributed by atoms with Crippen LogP contribution in [0, 0.1) is 0 Å². The molecule has 72 valence electrons. The number of nitrogens with zero attached hydrogens (tertiary/aromatic N) is 2. The number of fused-ring (bicyclic) bond motifs is 1. The number of methoxy groups -OCH3 is 1. The molecule has 0 aromatic carbocycles. The highest BCUT2D eigenvalue weighted by Crippen LogP contribution is 2.23. The van der Waals surface area contributed by atoms with Gasteiger partial charge in [-0.15, -0.1) is 0 Å². The Morgan fingerprint density at radius 1 is 1.77 bits per heavy atom. The van der Waals surface area contributed by atoms with Crippen LogP contribution in [0.25, 0.3) is 0 Å². The number of aryl methyl sites for hydroxylation is 1. The molecule has 0 bridgehead atoms. The van der Waals surface area contributed by atoms with Crippen LogP contribution in [-0.2, 0) is 17.7 Å². The Labute approximate surface area is 77.4 Å². The highest BCUT2D eigenvalue weighted by Gasteiger charge is 2.21. The van der Waals surface area contributed by atoms with E-state index in [0.29, 0.717) is 6.61 Å². The van der Waals surface area contributed by atoms with Gasteiger partial charge < -0.3 is 9.47 Å². The normalized spacial score (nSPS) is 20.9. The predicted octanol–water partition coefficient (Wildman–Crippen LogP) is 0.853. The number of ether oxygens (including phenoxy) is 2. The average Bonchev–Trinajstić information content (AvgIpc) is 2.59. The third-order valence-electron chi connectivity index (χ3n) is 2.36. The molecule has 0 saturated carbocycles. The van der Waals surface area contributed by atoms with Gasteiger partial charge in [0.15, 0.2) is 0 Å². The number of hydrogen-bond donors (Lipinski definition) is 0. The fraction of sp³-hybridized carbons (Fsp3) is 0.667. The van der Waals surface area contributed by atoms with Gasteiger partial charge in [0.05, 0.1) is 12.7 Å². The predicted molar refractivity (Wildman–Crippen MR) is 47.9 cm³/mol. The molecule has 4 nitrogen and oxygen atoms in total. The van der Waals surface area contributed by atoms with Crippen molar-refractivity contribution in [1.82, 2.24) is 9.78 Å². The van der Waals surface area contributed by atoms with E-state index in [2.05, 4.69) is 12.0 Å². The Morgan fingerprint density at radius 2 is 2.62 bits per heavy atom. The van der Waals surface area contributed by atoms with Crippen LogP contribution in [-0.4, -0.2) is 29.6 Å². The lowest BCUT2D eigenvalue weighted by molar-refractivity contribution is 0.0175. The Balaban J connectivity index is 2.22. The molecule has 0 radical (unpaired) electrons. The van der Waals surface area contributed by atoms with E-state index in [4.69, 9.17) is 9.47 Å². The van der Waals surface area contributed by atoms with Crippen molar-refractivity contribution in [2.75, 3.05) is 13.7 Å². The minimum Gasteiger partial charge on any atom is -0.475 e. The summed E-state index contributed by atoms with van der Waals surface area (Å²) in [5.41, 5.74) is 1.18. The lowest BCUT2D eigenvalue weighted by Crippen LogP contribution is -2.32. The largest absolute Gasteiger partial charge is 0.475 e. The summed E-state index contributed by atoms with van der Waals surface area (Å²) < 4.78 is 12.6. The number of rotatable bonds is 2. The smallest absolute Gasteiger partial charge is 0.215 e. The molecule has 1 atom stereocenters. The zero-order chi connectivity index (χ0) is 9.26. The summed E-state index contributed by atoms with van der Waals surface area (Å²) in [6.45, 7) is 3.53. The van der Waals surface area contributed by atoms with E-state index >= 15 is 0 Å². The number of aromatic nitrogens is 2. The van der Waals surface area contributed by atoms with E-state index in [0.717, 1.165) is 18.8 Å². The van der Waals surface area contributed by atoms with Gasteiger partial charge in [-0.05, 0) is 6.42 Å². The van der Waals surface area contributed by atoms with Gasteiger partial charge in [-0.25, -0.2) is 4.68 Å². The van der Waals surface area contributed by atoms with E-state index in [1.165, 1.54) is 5.56 Å². The van der Waals surface area contributed by atoms with E-state index in [9.17, 15) is 0 Å². The molecule has 4 heteroatoms. The fourth-order valence-corrected chi connectivity index (χ4v) is 1.51. The van der Waals surface area contributed by atoms with Crippen LogP contribution in [0.1, 0.15) is 12.5 Å². The summed E-state index contributed by atoms with van der Waals surface area (Å²) in [5.74, 6) is 0.913. The van der Waals surface area contributed by atoms with Crippen molar-refractivity contribution in [2.45, 2.75) is 26.0 Å². The molecule has 0 saturated heterocycles. The summed E-state index contributed by atoms with van der Waals surface area (Å²) >= 11 is 0. The Hall–Kier alpha value is -1.03. The summed E-state index contributed by atoms with van der Waals surface area (Å²) in [7, 11) is 1.70. The molecule has 0 amide bonds. The van der Waals surface area contributed by atoms with Gasteiger partial charge in [0.1, 0.15) is 12.7 Å². The van der Waals surface area contributed by atoms with Crippen LogP contribution in [0.2, 0.25) is 0 Å². The van der Waals surface area contributed by atoms with E-state index in [1.54, 1.807) is 7.11 Å². The first-order valence-corrected chi connectivity index (χ1v) is 4.55. The molecule has 2 heterocycles. The van der Waals surface area contributed by atoms with E-state index in [-0.39, 0.29) is 6.10 Å². The molecule has 2 rings (SSSR count). The van der Waals surface area contributed by atoms with Crippen molar-refractivity contribution in [3.8, 4) is 5.88 Å². The van der Waals surface area contributed by atoms with E-state index < -0.39 is 0 Å². The maximum absolute atomic E-state index is 5.56. The first-order chi connectivity index (χ1) is 6.35. The third-order valence-corrected chi connectivity index (χ3v) is 2.36. The first-order valence-electron chi connectivity index (χ1n) is 4.55. The molecule has 0 spiro atoms. The van der Waals surface area contributed by atoms with Crippen LogP contribution < -0.4 is 4.74 Å². The van der Waals surface area contributed by atoms with Crippen LogP contribution in [0.4, 0.5) is 0 Å². The van der Waals surface area contributed by atoms with Crippen LogP contribution in [0.15, 0.2) is 6.20 Å². The molecule has 1 aromatic rings. The minimum absolute atomic E-state index is 0.136. The van der Waals surface area contributed by atoms with Crippen molar-refractivity contribution in [1.29, 1.82) is 0 Å². The highest BCUT2D eigenvalue weighted by molar-refractivity contribution is 5.25. The Bertz CT molecular complexity index is 296. The molecule has 0 fully saturated rings. The molecule has 1 aliphatic heterocycles. The lowest BCUT2D eigenvalue weighted by Gasteiger charge is -2.23. The summed E-state index contributed by atoms with van der Waals surface area (Å²) in [6, 6.07) is 0. The molecule has 13 heavy (non-hydrogen) atoms. The lowest BCUT2D eigenvalue weighted by atomic mass is 10.2. The molecular formula is C9H14N2O2. The fourth-order valence-electron chi connectivity index (χ4n) is 1.51. The monoisotopic (exact) mass is 182 g/mol. The standard InChI is InChI=1S/C9H14N2O2/c1-3-7-4-10-11-5-8(12-2)6-13-9(7)11/h4,8H,3,5-6H2,1-2H3/t8-/m1/s1. The van der Waals surface area contributed by atoms with Gasteiger partial charge >= 0.3 is 0 Å². The Kier molecular flexibility index (Phi) is 2.22. The molecule has 1 aliphatic rings. The van der Waals surface area contributed by atoms with Crippen molar-refractivity contribution in [2.24, 2.45) is 0 Å². The van der Waals surface area contributed by atoms with Crippen LogP contribution >= 0.6 is 0 Å². The SMILES string of the molecule is CCc1cnn2c1OC[C@H](OC)C2. The highest BCUT2D eigenvalue weighted by atomic mass is 16.5. The summed E-state index contributed by atoms with van der Waals surface area (Å²) in [6.07, 6.45) is 2.97. The van der Waals surface area contributed by atoms with Crippen molar-refractivity contribution >= 4 is 0 Å². The van der Waals surface area contributed by atoms with Crippen LogP contribution in [0.3, 0.4) is 0 Å². The van der Waals surface area contributed by atoms with Gasteiger partial charge in [0.2, 0.25) is 5.88 Å². The molecular weight excluding hydrogens is 168 g/mol. The summed E-state index contributed by atoms with van der Waals surface area (Å²) in [5, 5.41) is 4.24. The third kappa shape index (κ3) is 1.42. The van der Waals surface area contributed by atoms with Gasteiger partial charge in [0.25, 0.3) is 0 Å². The van der Waals surface area contributed by atoms with Crippen molar-refractivity contribution in [3.05, 3.63) is 11.8 Å². The first kappa shape index (κ1) is 8.56. The van der Waals surface area contributed by atoms with Crippen molar-refractivity contribution in [3.63, 3.8) is 0 Å². The minimum atomic E-state index is 0.136.